The van der Waals surface area contributed by atoms with Crippen molar-refractivity contribution in [3.05, 3.63) is 0 Å². The minimum atomic E-state index is 0.00249. The van der Waals surface area contributed by atoms with Crippen LogP contribution < -0.4 is 0 Å². The molecular formula is C23H46O2. The van der Waals surface area contributed by atoms with Gasteiger partial charge in [0.1, 0.15) is 0 Å². The first-order chi connectivity index (χ1) is 12.2. The molecule has 25 heavy (non-hydrogen) atoms. The van der Waals surface area contributed by atoms with Crippen LogP contribution in [0.4, 0.5) is 0 Å². The minimum Gasteiger partial charge on any atom is -0.466 e. The van der Waals surface area contributed by atoms with Crippen molar-refractivity contribution in [2.24, 2.45) is 5.92 Å². The van der Waals surface area contributed by atoms with Crippen LogP contribution in [-0.2, 0) is 9.53 Å². The van der Waals surface area contributed by atoms with Crippen molar-refractivity contribution in [3.63, 3.8) is 0 Å². The molecule has 0 aliphatic carbocycles. The molecular weight excluding hydrogens is 308 g/mol. The number of rotatable bonds is 19. The molecule has 0 bridgehead atoms. The maximum absolute atomic E-state index is 11.6. The number of hydrogen-bond acceptors (Lipinski definition) is 2. The van der Waals surface area contributed by atoms with E-state index in [1.165, 1.54) is 83.5 Å². The molecule has 0 saturated carbocycles. The molecule has 0 aromatic carbocycles. The molecule has 0 amide bonds. The number of hydrogen-bond donors (Lipinski definition) is 0. The molecule has 0 aromatic rings. The second-order valence-electron chi connectivity index (χ2n) is 8.10. The Morgan fingerprint density at radius 3 is 1.64 bits per heavy atom. The smallest absolute Gasteiger partial charge is 0.305 e. The van der Waals surface area contributed by atoms with Gasteiger partial charge in [-0.05, 0) is 18.8 Å². The molecule has 0 fully saturated rings. The summed E-state index contributed by atoms with van der Waals surface area (Å²) in [5, 5.41) is 0. The maximum atomic E-state index is 11.6. The second kappa shape index (κ2) is 19.8. The zero-order chi connectivity index (χ0) is 18.6. The van der Waals surface area contributed by atoms with Crippen LogP contribution in [0, 0.1) is 5.92 Å². The van der Waals surface area contributed by atoms with Gasteiger partial charge < -0.3 is 4.74 Å². The van der Waals surface area contributed by atoms with Crippen molar-refractivity contribution in [1.82, 2.24) is 0 Å². The Hall–Kier alpha value is -0.530. The summed E-state index contributed by atoms with van der Waals surface area (Å²) in [6.45, 7) is 7.36. The SMILES string of the molecule is CCCCCCCCCCCCCCCOC(=O)CCCCC(C)C. The zero-order valence-corrected chi connectivity index (χ0v) is 17.6. The van der Waals surface area contributed by atoms with Crippen LogP contribution in [0.1, 0.15) is 130 Å². The molecule has 0 aliphatic rings. The molecule has 0 atom stereocenters. The molecule has 0 N–H and O–H groups in total. The summed E-state index contributed by atoms with van der Waals surface area (Å²) in [6, 6.07) is 0. The van der Waals surface area contributed by atoms with E-state index in [1.54, 1.807) is 0 Å². The lowest BCUT2D eigenvalue weighted by molar-refractivity contribution is -0.143. The van der Waals surface area contributed by atoms with Gasteiger partial charge in [0.25, 0.3) is 0 Å². The third-order valence-electron chi connectivity index (χ3n) is 4.92. The van der Waals surface area contributed by atoms with Gasteiger partial charge in [0.15, 0.2) is 0 Å². The number of carbonyl (C=O) groups excluding carboxylic acids is 1. The summed E-state index contributed by atoms with van der Waals surface area (Å²) >= 11 is 0. The van der Waals surface area contributed by atoms with E-state index in [1.807, 2.05) is 0 Å². The van der Waals surface area contributed by atoms with Crippen molar-refractivity contribution < 1.29 is 9.53 Å². The van der Waals surface area contributed by atoms with Crippen LogP contribution in [-0.4, -0.2) is 12.6 Å². The molecule has 0 heterocycles. The van der Waals surface area contributed by atoms with Gasteiger partial charge in [-0.15, -0.1) is 0 Å². The van der Waals surface area contributed by atoms with Crippen molar-refractivity contribution >= 4 is 5.97 Å². The summed E-state index contributed by atoms with van der Waals surface area (Å²) in [5.41, 5.74) is 0. The van der Waals surface area contributed by atoms with E-state index in [9.17, 15) is 4.79 Å². The van der Waals surface area contributed by atoms with E-state index < -0.39 is 0 Å². The van der Waals surface area contributed by atoms with E-state index in [0.717, 1.165) is 25.2 Å². The molecule has 0 unspecified atom stereocenters. The topological polar surface area (TPSA) is 26.3 Å². The fourth-order valence-corrected chi connectivity index (χ4v) is 3.20. The monoisotopic (exact) mass is 354 g/mol. The van der Waals surface area contributed by atoms with E-state index in [4.69, 9.17) is 4.74 Å². The van der Waals surface area contributed by atoms with Crippen LogP contribution in [0.3, 0.4) is 0 Å². The molecule has 0 aromatic heterocycles. The number of ether oxygens (including phenoxy) is 1. The van der Waals surface area contributed by atoms with Gasteiger partial charge in [0.05, 0.1) is 6.61 Å². The van der Waals surface area contributed by atoms with Gasteiger partial charge in [-0.25, -0.2) is 0 Å². The summed E-state index contributed by atoms with van der Waals surface area (Å²) < 4.78 is 5.31. The van der Waals surface area contributed by atoms with Crippen molar-refractivity contribution in [2.45, 2.75) is 130 Å². The van der Waals surface area contributed by atoms with Crippen LogP contribution in [0.25, 0.3) is 0 Å². The average molecular weight is 355 g/mol. The lowest BCUT2D eigenvalue weighted by atomic mass is 10.0. The molecule has 0 aliphatic heterocycles. The molecule has 2 heteroatoms. The second-order valence-corrected chi connectivity index (χ2v) is 8.10. The molecule has 0 spiro atoms. The third-order valence-corrected chi connectivity index (χ3v) is 4.92. The average Bonchev–Trinajstić information content (AvgIpc) is 2.59. The summed E-state index contributed by atoms with van der Waals surface area (Å²) in [4.78, 5) is 11.6. The molecule has 0 radical (unpaired) electrons. The third kappa shape index (κ3) is 21.4. The molecule has 0 saturated heterocycles. The van der Waals surface area contributed by atoms with Gasteiger partial charge in [-0.2, -0.15) is 0 Å². The first kappa shape index (κ1) is 24.5. The Labute approximate surface area is 158 Å². The first-order valence-electron chi connectivity index (χ1n) is 11.3. The van der Waals surface area contributed by atoms with Crippen LogP contribution in [0.2, 0.25) is 0 Å². The van der Waals surface area contributed by atoms with E-state index in [0.29, 0.717) is 13.0 Å². The fraction of sp³-hybridized carbons (Fsp3) is 0.957. The Morgan fingerprint density at radius 2 is 1.16 bits per heavy atom. The Kier molecular flexibility index (Phi) is 19.4. The van der Waals surface area contributed by atoms with E-state index in [-0.39, 0.29) is 5.97 Å². The lowest BCUT2D eigenvalue weighted by Gasteiger charge is -2.06. The molecule has 2 nitrogen and oxygen atoms in total. The van der Waals surface area contributed by atoms with Gasteiger partial charge in [-0.3, -0.25) is 4.79 Å². The summed E-state index contributed by atoms with van der Waals surface area (Å²) in [5.74, 6) is 0.740. The quantitative estimate of drug-likeness (QED) is 0.174. The number of carbonyl (C=O) groups is 1. The van der Waals surface area contributed by atoms with Gasteiger partial charge in [-0.1, -0.05) is 111 Å². The number of esters is 1. The normalized spacial score (nSPS) is 11.2. The predicted molar refractivity (Wildman–Crippen MR) is 110 cm³/mol. The Morgan fingerprint density at radius 1 is 0.680 bits per heavy atom. The minimum absolute atomic E-state index is 0.00249. The molecule has 0 rings (SSSR count). The fourth-order valence-electron chi connectivity index (χ4n) is 3.20. The van der Waals surface area contributed by atoms with E-state index >= 15 is 0 Å². The molecule has 150 valence electrons. The largest absolute Gasteiger partial charge is 0.466 e. The highest BCUT2D eigenvalue weighted by Gasteiger charge is 2.03. The standard InChI is InChI=1S/C23H46O2/c1-4-5-6-7-8-9-10-11-12-13-14-15-18-21-25-23(24)20-17-16-19-22(2)3/h22H,4-21H2,1-3H3. The van der Waals surface area contributed by atoms with Crippen LogP contribution in [0.5, 0.6) is 0 Å². The highest BCUT2D eigenvalue weighted by molar-refractivity contribution is 5.69. The van der Waals surface area contributed by atoms with Crippen molar-refractivity contribution in [2.75, 3.05) is 6.61 Å². The highest BCUT2D eigenvalue weighted by atomic mass is 16.5. The Bertz CT molecular complexity index is 273. The zero-order valence-electron chi connectivity index (χ0n) is 17.6. The van der Waals surface area contributed by atoms with Gasteiger partial charge in [0.2, 0.25) is 0 Å². The van der Waals surface area contributed by atoms with Crippen LogP contribution >= 0.6 is 0 Å². The van der Waals surface area contributed by atoms with Crippen LogP contribution in [0.15, 0.2) is 0 Å². The lowest BCUT2D eigenvalue weighted by Crippen LogP contribution is -2.05. The Balaban J connectivity index is 3.12. The maximum Gasteiger partial charge on any atom is 0.305 e. The summed E-state index contributed by atoms with van der Waals surface area (Å²) in [6.07, 6.45) is 21.5. The first-order valence-corrected chi connectivity index (χ1v) is 11.3. The van der Waals surface area contributed by atoms with Crippen molar-refractivity contribution in [1.29, 1.82) is 0 Å². The number of unbranched alkanes of at least 4 members (excludes halogenated alkanes) is 13. The highest BCUT2D eigenvalue weighted by Crippen LogP contribution is 2.13. The van der Waals surface area contributed by atoms with Gasteiger partial charge in [0, 0.05) is 6.42 Å². The van der Waals surface area contributed by atoms with E-state index in [2.05, 4.69) is 20.8 Å². The van der Waals surface area contributed by atoms with Crippen molar-refractivity contribution in [3.8, 4) is 0 Å². The summed E-state index contributed by atoms with van der Waals surface area (Å²) in [7, 11) is 0. The van der Waals surface area contributed by atoms with Gasteiger partial charge >= 0.3 is 5.97 Å². The predicted octanol–water partition coefficient (Wildman–Crippen LogP) is 7.84.